The van der Waals surface area contributed by atoms with Gasteiger partial charge in [0.2, 0.25) is 0 Å². The second-order valence-corrected chi connectivity index (χ2v) is 6.42. The Morgan fingerprint density at radius 2 is 2.40 bits per heavy atom. The molecule has 5 nitrogen and oxygen atoms in total. The minimum absolute atomic E-state index is 0.0995. The Balaban J connectivity index is 1.56. The predicted octanol–water partition coefficient (Wildman–Crippen LogP) is 2.07. The highest BCUT2D eigenvalue weighted by atomic mass is 79.9. The molecule has 20 heavy (non-hydrogen) atoms. The molecule has 2 aliphatic rings. The molecule has 104 valence electrons. The SMILES string of the molecule is O=C(NC1CC2CC1CN2)c1cc2c(Br)coc2cn1. The maximum absolute atomic E-state index is 12.3. The summed E-state index contributed by atoms with van der Waals surface area (Å²) >= 11 is 3.40. The number of carbonyl (C=O) groups excluding carboxylic acids is 1. The van der Waals surface area contributed by atoms with Gasteiger partial charge in [-0.15, -0.1) is 0 Å². The molecule has 6 heteroatoms. The molecule has 3 unspecified atom stereocenters. The van der Waals surface area contributed by atoms with E-state index in [-0.39, 0.29) is 11.9 Å². The predicted molar refractivity (Wildman–Crippen MR) is 77.5 cm³/mol. The number of nitrogens with one attached hydrogen (secondary N) is 2. The zero-order chi connectivity index (χ0) is 13.7. The number of hydrogen-bond donors (Lipinski definition) is 2. The van der Waals surface area contributed by atoms with Gasteiger partial charge in [-0.1, -0.05) is 0 Å². The molecular weight excluding hydrogens is 322 g/mol. The van der Waals surface area contributed by atoms with Crippen molar-refractivity contribution < 1.29 is 9.21 Å². The lowest BCUT2D eigenvalue weighted by Crippen LogP contribution is -2.44. The summed E-state index contributed by atoms with van der Waals surface area (Å²) in [5.74, 6) is 0.464. The van der Waals surface area contributed by atoms with Crippen molar-refractivity contribution in [1.29, 1.82) is 0 Å². The average molecular weight is 336 g/mol. The second kappa shape index (κ2) is 4.56. The number of pyridine rings is 1. The minimum Gasteiger partial charge on any atom is -0.461 e. The number of nitrogens with zero attached hydrogens (tertiary/aromatic N) is 1. The van der Waals surface area contributed by atoms with Crippen LogP contribution in [0.4, 0.5) is 0 Å². The van der Waals surface area contributed by atoms with Crippen LogP contribution in [-0.2, 0) is 0 Å². The van der Waals surface area contributed by atoms with Crippen molar-refractivity contribution in [3.63, 3.8) is 0 Å². The van der Waals surface area contributed by atoms with Crippen molar-refractivity contribution >= 4 is 32.8 Å². The molecule has 2 aromatic rings. The van der Waals surface area contributed by atoms with Crippen molar-refractivity contribution in [2.45, 2.75) is 24.9 Å². The quantitative estimate of drug-likeness (QED) is 0.881. The highest BCUT2D eigenvalue weighted by molar-refractivity contribution is 9.10. The van der Waals surface area contributed by atoms with Gasteiger partial charge in [-0.2, -0.15) is 0 Å². The van der Waals surface area contributed by atoms with E-state index in [4.69, 9.17) is 4.42 Å². The van der Waals surface area contributed by atoms with Gasteiger partial charge in [-0.05, 0) is 40.8 Å². The smallest absolute Gasteiger partial charge is 0.270 e. The summed E-state index contributed by atoms with van der Waals surface area (Å²) in [5.41, 5.74) is 1.12. The highest BCUT2D eigenvalue weighted by Gasteiger charge is 2.40. The maximum Gasteiger partial charge on any atom is 0.270 e. The van der Waals surface area contributed by atoms with Gasteiger partial charge >= 0.3 is 0 Å². The van der Waals surface area contributed by atoms with Crippen LogP contribution in [0.3, 0.4) is 0 Å². The van der Waals surface area contributed by atoms with Gasteiger partial charge in [0.25, 0.3) is 5.91 Å². The van der Waals surface area contributed by atoms with E-state index in [0.717, 1.165) is 22.8 Å². The summed E-state index contributed by atoms with van der Waals surface area (Å²) in [7, 11) is 0. The van der Waals surface area contributed by atoms with Crippen LogP contribution < -0.4 is 10.6 Å². The first-order valence-electron chi connectivity index (χ1n) is 6.77. The molecule has 3 atom stereocenters. The Hall–Kier alpha value is -1.40. The summed E-state index contributed by atoms with van der Waals surface area (Å²) in [6, 6.07) is 2.62. The minimum atomic E-state index is -0.0995. The molecule has 2 aromatic heterocycles. The second-order valence-electron chi connectivity index (χ2n) is 5.57. The molecule has 1 aliphatic carbocycles. The molecule has 4 rings (SSSR count). The van der Waals surface area contributed by atoms with E-state index < -0.39 is 0 Å². The van der Waals surface area contributed by atoms with Gasteiger partial charge in [0.1, 0.15) is 12.0 Å². The fourth-order valence-corrected chi connectivity index (χ4v) is 3.68. The first kappa shape index (κ1) is 12.3. The lowest BCUT2D eigenvalue weighted by Gasteiger charge is -2.23. The Labute approximate surface area is 124 Å². The molecule has 1 amide bonds. The van der Waals surface area contributed by atoms with E-state index in [9.17, 15) is 4.79 Å². The van der Waals surface area contributed by atoms with E-state index >= 15 is 0 Å². The first-order valence-corrected chi connectivity index (χ1v) is 7.57. The largest absolute Gasteiger partial charge is 0.461 e. The highest BCUT2D eigenvalue weighted by Crippen LogP contribution is 2.31. The number of furan rings is 1. The van der Waals surface area contributed by atoms with Gasteiger partial charge in [0.05, 0.1) is 10.7 Å². The van der Waals surface area contributed by atoms with E-state index in [2.05, 4.69) is 31.5 Å². The van der Waals surface area contributed by atoms with Crippen molar-refractivity contribution in [1.82, 2.24) is 15.6 Å². The van der Waals surface area contributed by atoms with E-state index in [1.54, 1.807) is 18.5 Å². The average Bonchev–Trinajstić information content (AvgIpc) is 3.15. The molecule has 2 bridgehead atoms. The Kier molecular flexibility index (Phi) is 2.82. The zero-order valence-electron chi connectivity index (χ0n) is 10.7. The van der Waals surface area contributed by atoms with Gasteiger partial charge in [-0.3, -0.25) is 4.79 Å². The molecular formula is C14H14BrN3O2. The van der Waals surface area contributed by atoms with Crippen LogP contribution in [0.15, 0.2) is 27.4 Å². The number of piperidine rings is 1. The fourth-order valence-electron chi connectivity index (χ4n) is 3.28. The lowest BCUT2D eigenvalue weighted by molar-refractivity contribution is 0.0920. The summed E-state index contributed by atoms with van der Waals surface area (Å²) in [5, 5.41) is 7.43. The first-order chi connectivity index (χ1) is 9.70. The van der Waals surface area contributed by atoms with Crippen LogP contribution in [0.5, 0.6) is 0 Å². The third-order valence-electron chi connectivity index (χ3n) is 4.33. The number of halogens is 1. The summed E-state index contributed by atoms with van der Waals surface area (Å²) in [4.78, 5) is 16.5. The van der Waals surface area contributed by atoms with Gasteiger partial charge in [0, 0.05) is 24.0 Å². The van der Waals surface area contributed by atoms with Crippen LogP contribution in [-0.4, -0.2) is 29.5 Å². The van der Waals surface area contributed by atoms with Crippen molar-refractivity contribution in [3.8, 4) is 0 Å². The summed E-state index contributed by atoms with van der Waals surface area (Å²) < 4.78 is 6.15. The van der Waals surface area contributed by atoms with Gasteiger partial charge < -0.3 is 15.1 Å². The van der Waals surface area contributed by atoms with Crippen LogP contribution >= 0.6 is 15.9 Å². The van der Waals surface area contributed by atoms with Gasteiger partial charge in [0.15, 0.2) is 5.58 Å². The Morgan fingerprint density at radius 3 is 3.15 bits per heavy atom. The third kappa shape index (κ3) is 1.94. The molecule has 0 aromatic carbocycles. The molecule has 2 fully saturated rings. The monoisotopic (exact) mass is 335 g/mol. The topological polar surface area (TPSA) is 67.2 Å². The third-order valence-corrected chi connectivity index (χ3v) is 4.94. The number of fused-ring (bicyclic) bond motifs is 3. The number of amides is 1. The van der Waals surface area contributed by atoms with Gasteiger partial charge in [-0.25, -0.2) is 4.98 Å². The van der Waals surface area contributed by atoms with E-state index in [1.807, 2.05) is 0 Å². The Bertz CT molecular complexity index is 684. The van der Waals surface area contributed by atoms with E-state index in [1.165, 1.54) is 6.42 Å². The number of hydrogen-bond acceptors (Lipinski definition) is 4. The molecule has 0 radical (unpaired) electrons. The normalized spacial score (nSPS) is 28.1. The molecule has 1 saturated carbocycles. The molecule has 1 aliphatic heterocycles. The molecule has 1 saturated heterocycles. The van der Waals surface area contributed by atoms with Crippen LogP contribution in [0.25, 0.3) is 11.0 Å². The zero-order valence-corrected chi connectivity index (χ0v) is 12.3. The number of carbonyl (C=O) groups is 1. The van der Waals surface area contributed by atoms with E-state index in [0.29, 0.717) is 23.2 Å². The van der Waals surface area contributed by atoms with Crippen LogP contribution in [0, 0.1) is 5.92 Å². The van der Waals surface area contributed by atoms with Crippen LogP contribution in [0.2, 0.25) is 0 Å². The Morgan fingerprint density at radius 1 is 1.50 bits per heavy atom. The standard InChI is InChI=1S/C14H14BrN3O2/c15-10-6-20-13-5-17-12(3-9(10)13)14(19)18-11-2-8-1-7(11)4-16-8/h3,5-8,11,16H,1-2,4H2,(H,18,19). The molecule has 2 N–H and O–H groups in total. The molecule has 3 heterocycles. The number of aromatic nitrogens is 1. The van der Waals surface area contributed by atoms with Crippen molar-refractivity contribution in [2.75, 3.05) is 6.54 Å². The fraction of sp³-hybridized carbons (Fsp3) is 0.429. The van der Waals surface area contributed by atoms with Crippen molar-refractivity contribution in [2.24, 2.45) is 5.92 Å². The molecule has 0 spiro atoms. The van der Waals surface area contributed by atoms with Crippen molar-refractivity contribution in [3.05, 3.63) is 28.7 Å². The number of rotatable bonds is 2. The van der Waals surface area contributed by atoms with Crippen LogP contribution in [0.1, 0.15) is 23.3 Å². The summed E-state index contributed by atoms with van der Waals surface area (Å²) in [6.45, 7) is 1.01. The summed E-state index contributed by atoms with van der Waals surface area (Å²) in [6.07, 6.45) is 5.39. The maximum atomic E-state index is 12.3. The lowest BCUT2D eigenvalue weighted by atomic mass is 10.0.